The van der Waals surface area contributed by atoms with Crippen LogP contribution < -0.4 is 14.4 Å². The van der Waals surface area contributed by atoms with Gasteiger partial charge in [0.05, 0.1) is 24.6 Å². The van der Waals surface area contributed by atoms with Crippen LogP contribution in [0.2, 0.25) is 0 Å². The van der Waals surface area contributed by atoms with E-state index in [1.54, 1.807) is 36.7 Å². The van der Waals surface area contributed by atoms with Crippen LogP contribution in [0.1, 0.15) is 10.4 Å². The van der Waals surface area contributed by atoms with E-state index >= 15 is 0 Å². The number of fused-ring (bicyclic) bond motifs is 2. The molecular weight excluding hydrogens is 575 g/mol. The van der Waals surface area contributed by atoms with Gasteiger partial charge in [-0.1, -0.05) is 0 Å². The van der Waals surface area contributed by atoms with Gasteiger partial charge in [-0.3, -0.25) is 9.10 Å². The number of methoxy groups -OCH3 is 1. The number of rotatable bonds is 7. The van der Waals surface area contributed by atoms with E-state index in [0.717, 1.165) is 10.6 Å². The maximum atomic E-state index is 13.7. The van der Waals surface area contributed by atoms with Crippen molar-refractivity contribution in [1.29, 1.82) is 0 Å². The van der Waals surface area contributed by atoms with Gasteiger partial charge < -0.3 is 19.5 Å². The molecular formula is C30H25FN6O5S. The highest BCUT2D eigenvalue weighted by Gasteiger charge is 2.26. The molecule has 0 atom stereocenters. The van der Waals surface area contributed by atoms with Crippen LogP contribution in [0.15, 0.2) is 71.4 Å². The summed E-state index contributed by atoms with van der Waals surface area (Å²) in [5.41, 5.74) is 3.89. The standard InChI is InChI=1S/C30H25FN6O5S/c1-32-30(38)25-22-14-21(17-11-18(13-20(12-17)41-3)27-35-28-29(36-27)34-10-9-33-28)23(37(2)43(4,39)40)15-24(22)42-26(25)16-5-7-19(31)8-6-16/h5-15H,1-4H3,(H,32,38)(H,33,34,35,36). The smallest absolute Gasteiger partial charge is 0.255 e. The summed E-state index contributed by atoms with van der Waals surface area (Å²) in [5, 5.41) is 3.07. The highest BCUT2D eigenvalue weighted by molar-refractivity contribution is 7.92. The van der Waals surface area contributed by atoms with Gasteiger partial charge in [0.15, 0.2) is 11.3 Å². The summed E-state index contributed by atoms with van der Waals surface area (Å²) in [6.45, 7) is 0. The number of sulfonamides is 1. The third kappa shape index (κ3) is 5.03. The minimum Gasteiger partial charge on any atom is -0.497 e. The van der Waals surface area contributed by atoms with Crippen LogP contribution in [0.3, 0.4) is 0 Å². The number of nitrogens with zero attached hydrogens (tertiary/aromatic N) is 4. The molecule has 3 aromatic carbocycles. The van der Waals surface area contributed by atoms with E-state index in [0.29, 0.717) is 56.2 Å². The number of imidazole rings is 1. The van der Waals surface area contributed by atoms with Gasteiger partial charge in [0.2, 0.25) is 10.0 Å². The van der Waals surface area contributed by atoms with Crippen molar-refractivity contribution in [2.45, 2.75) is 0 Å². The Bertz CT molecular complexity index is 2110. The van der Waals surface area contributed by atoms with Gasteiger partial charge >= 0.3 is 0 Å². The van der Waals surface area contributed by atoms with E-state index in [4.69, 9.17) is 9.15 Å². The zero-order valence-electron chi connectivity index (χ0n) is 23.5. The number of nitrogens with one attached hydrogen (secondary N) is 2. The third-order valence-corrected chi connectivity index (χ3v) is 8.26. The van der Waals surface area contributed by atoms with E-state index in [-0.39, 0.29) is 16.9 Å². The monoisotopic (exact) mass is 600 g/mol. The number of hydrogen-bond acceptors (Lipinski definition) is 8. The maximum Gasteiger partial charge on any atom is 0.255 e. The number of carbonyl (C=O) groups is 1. The molecule has 6 rings (SSSR count). The molecule has 3 aromatic heterocycles. The number of amides is 1. The van der Waals surface area contributed by atoms with Gasteiger partial charge in [-0.25, -0.2) is 27.8 Å². The zero-order valence-corrected chi connectivity index (χ0v) is 24.3. The summed E-state index contributed by atoms with van der Waals surface area (Å²) >= 11 is 0. The summed E-state index contributed by atoms with van der Waals surface area (Å²) in [6, 6.07) is 14.2. The van der Waals surface area contributed by atoms with Crippen LogP contribution in [-0.2, 0) is 10.0 Å². The number of anilines is 1. The highest BCUT2D eigenvalue weighted by atomic mass is 32.2. The van der Waals surface area contributed by atoms with Gasteiger partial charge in [0, 0.05) is 54.6 Å². The Kier molecular flexibility index (Phi) is 6.81. The number of H-pyrrole nitrogens is 1. The van der Waals surface area contributed by atoms with Gasteiger partial charge in [-0.15, -0.1) is 0 Å². The van der Waals surface area contributed by atoms with Crippen molar-refractivity contribution in [2.24, 2.45) is 0 Å². The quantitative estimate of drug-likeness (QED) is 0.261. The van der Waals surface area contributed by atoms with Crippen molar-refractivity contribution in [3.63, 3.8) is 0 Å². The summed E-state index contributed by atoms with van der Waals surface area (Å²) in [6.07, 6.45) is 4.19. The molecule has 43 heavy (non-hydrogen) atoms. The molecule has 0 saturated heterocycles. The molecule has 2 N–H and O–H groups in total. The summed E-state index contributed by atoms with van der Waals surface area (Å²) in [5.74, 6) is 0.307. The molecule has 0 aliphatic heterocycles. The molecule has 0 bridgehead atoms. The molecule has 218 valence electrons. The summed E-state index contributed by atoms with van der Waals surface area (Å²) in [7, 11) is 0.718. The summed E-state index contributed by atoms with van der Waals surface area (Å²) < 4.78 is 52.2. The van der Waals surface area contributed by atoms with E-state index < -0.39 is 21.7 Å². The molecule has 3 heterocycles. The van der Waals surface area contributed by atoms with E-state index in [1.807, 2.05) is 6.07 Å². The molecule has 6 aromatic rings. The second-order valence-electron chi connectivity index (χ2n) is 9.75. The maximum absolute atomic E-state index is 13.7. The molecule has 1 amide bonds. The number of carbonyl (C=O) groups excluding carboxylic acids is 1. The normalized spacial score (nSPS) is 11.7. The van der Waals surface area contributed by atoms with Crippen LogP contribution in [0.25, 0.3) is 56.1 Å². The van der Waals surface area contributed by atoms with Crippen LogP contribution in [0.4, 0.5) is 10.1 Å². The van der Waals surface area contributed by atoms with Crippen molar-refractivity contribution in [3.05, 3.63) is 78.4 Å². The Balaban J connectivity index is 1.64. The minimum atomic E-state index is -3.73. The number of hydrogen-bond donors (Lipinski definition) is 2. The van der Waals surface area contributed by atoms with Gasteiger partial charge in [0.1, 0.15) is 28.7 Å². The molecule has 0 spiro atoms. The molecule has 0 saturated carbocycles. The number of ether oxygens (including phenoxy) is 1. The average molecular weight is 601 g/mol. The first kappa shape index (κ1) is 27.8. The molecule has 0 unspecified atom stereocenters. The SMILES string of the molecule is CNC(=O)c1c(-c2ccc(F)cc2)oc2cc(N(C)S(C)(=O)=O)c(-c3cc(OC)cc(-c4nc5nccnc5[nH]4)c3)cc12. The number of furan rings is 1. The fraction of sp³-hybridized carbons (Fsp3) is 0.133. The molecule has 13 heteroatoms. The highest BCUT2D eigenvalue weighted by Crippen LogP contribution is 2.43. The lowest BCUT2D eigenvalue weighted by atomic mass is 9.97. The Morgan fingerprint density at radius 3 is 2.42 bits per heavy atom. The van der Waals surface area contributed by atoms with Crippen LogP contribution in [0.5, 0.6) is 5.75 Å². The van der Waals surface area contributed by atoms with Crippen molar-refractivity contribution in [2.75, 3.05) is 31.8 Å². The van der Waals surface area contributed by atoms with E-state index in [1.165, 1.54) is 45.5 Å². The molecule has 0 aliphatic carbocycles. The predicted molar refractivity (Wildman–Crippen MR) is 161 cm³/mol. The molecule has 0 fully saturated rings. The fourth-order valence-corrected chi connectivity index (χ4v) is 5.36. The van der Waals surface area contributed by atoms with Gasteiger partial charge in [-0.05, 0) is 54.1 Å². The number of aromatic nitrogens is 4. The molecule has 11 nitrogen and oxygen atoms in total. The van der Waals surface area contributed by atoms with Crippen molar-refractivity contribution in [3.8, 4) is 39.6 Å². The van der Waals surface area contributed by atoms with E-state index in [9.17, 15) is 17.6 Å². The molecule has 0 aliphatic rings. The minimum absolute atomic E-state index is 0.216. The Morgan fingerprint density at radius 2 is 1.74 bits per heavy atom. The first-order valence-corrected chi connectivity index (χ1v) is 14.8. The second-order valence-corrected chi connectivity index (χ2v) is 11.8. The Labute approximate surface area is 245 Å². The zero-order chi connectivity index (χ0) is 30.5. The van der Waals surface area contributed by atoms with Crippen LogP contribution in [0, 0.1) is 5.82 Å². The predicted octanol–water partition coefficient (Wildman–Crippen LogP) is 5.00. The number of halogens is 1. The topological polar surface area (TPSA) is 143 Å². The lowest BCUT2D eigenvalue weighted by Crippen LogP contribution is -2.25. The number of aromatic amines is 1. The second kappa shape index (κ2) is 10.5. The van der Waals surface area contributed by atoms with Gasteiger partial charge in [-0.2, -0.15) is 0 Å². The first-order chi connectivity index (χ1) is 20.6. The Hall–Kier alpha value is -5.30. The average Bonchev–Trinajstić information content (AvgIpc) is 3.61. The van der Waals surface area contributed by atoms with Crippen molar-refractivity contribution < 1.29 is 26.8 Å². The van der Waals surface area contributed by atoms with Crippen molar-refractivity contribution >= 4 is 43.9 Å². The van der Waals surface area contributed by atoms with Crippen molar-refractivity contribution in [1.82, 2.24) is 25.3 Å². The van der Waals surface area contributed by atoms with Crippen LogP contribution >= 0.6 is 0 Å². The fourth-order valence-electron chi connectivity index (χ4n) is 4.85. The first-order valence-electron chi connectivity index (χ1n) is 13.0. The summed E-state index contributed by atoms with van der Waals surface area (Å²) in [4.78, 5) is 29.4. The lowest BCUT2D eigenvalue weighted by Gasteiger charge is -2.21. The number of benzene rings is 3. The van der Waals surface area contributed by atoms with Crippen LogP contribution in [-0.4, -0.2) is 61.7 Å². The molecule has 0 radical (unpaired) electrons. The van der Waals surface area contributed by atoms with Gasteiger partial charge in [0.25, 0.3) is 5.91 Å². The lowest BCUT2D eigenvalue weighted by molar-refractivity contribution is 0.0964. The van der Waals surface area contributed by atoms with E-state index in [2.05, 4.69) is 25.3 Å². The largest absolute Gasteiger partial charge is 0.497 e. The third-order valence-electron chi connectivity index (χ3n) is 7.06. The Morgan fingerprint density at radius 1 is 1.02 bits per heavy atom.